The molecule has 5 heteroatoms. The van der Waals surface area contributed by atoms with Crippen LogP contribution in [-0.4, -0.2) is 28.1 Å². The van der Waals surface area contributed by atoms with Gasteiger partial charge in [0.2, 0.25) is 0 Å². The molecule has 0 fully saturated rings. The second kappa shape index (κ2) is 7.28. The summed E-state index contributed by atoms with van der Waals surface area (Å²) in [6.07, 6.45) is 1.67. The summed E-state index contributed by atoms with van der Waals surface area (Å²) in [6, 6.07) is 8.70. The zero-order chi connectivity index (χ0) is 17.0. The number of benzene rings is 1. The lowest BCUT2D eigenvalue weighted by atomic mass is 9.85. The van der Waals surface area contributed by atoms with E-state index >= 15 is 0 Å². The average molecular weight is 343 g/mol. The molecule has 1 rings (SSSR count). The standard InChI is InChI=1S/C17H30O3SSi/c1-7-17(8-2,20-22(4,5)6)15(3)14-21(18,19)16-12-10-9-11-13-16/h9-13,15H,7-8,14H2,1-6H3/t15-/m0/s1. The Bertz CT molecular complexity index is 557. The van der Waals surface area contributed by atoms with Crippen molar-refractivity contribution in [2.45, 2.75) is 63.8 Å². The first-order chi connectivity index (χ1) is 10.1. The number of hydrogen-bond acceptors (Lipinski definition) is 3. The summed E-state index contributed by atoms with van der Waals surface area (Å²) in [5.41, 5.74) is -0.355. The Labute approximate surface area is 137 Å². The molecule has 0 bridgehead atoms. The second-order valence-electron chi connectivity index (χ2n) is 6.98. The number of sulfone groups is 1. The maximum atomic E-state index is 12.6. The summed E-state index contributed by atoms with van der Waals surface area (Å²) in [7, 11) is -5.03. The van der Waals surface area contributed by atoms with Crippen LogP contribution in [0.15, 0.2) is 35.2 Å². The molecule has 0 saturated carbocycles. The fourth-order valence-electron chi connectivity index (χ4n) is 3.01. The SMILES string of the molecule is CCC(CC)(O[Si](C)(C)C)[C@@H](C)CS(=O)(=O)c1ccccc1. The second-order valence-corrected chi connectivity index (χ2v) is 13.4. The van der Waals surface area contributed by atoms with E-state index in [9.17, 15) is 8.42 Å². The highest BCUT2D eigenvalue weighted by atomic mass is 32.2. The van der Waals surface area contributed by atoms with E-state index in [4.69, 9.17) is 4.43 Å². The van der Waals surface area contributed by atoms with Crippen molar-refractivity contribution in [3.05, 3.63) is 30.3 Å². The molecule has 0 aliphatic carbocycles. The van der Waals surface area contributed by atoms with Gasteiger partial charge in [0.1, 0.15) is 0 Å². The van der Waals surface area contributed by atoms with Crippen LogP contribution in [0, 0.1) is 5.92 Å². The molecule has 0 aromatic heterocycles. The molecule has 0 aliphatic rings. The van der Waals surface area contributed by atoms with Gasteiger partial charge in [0.25, 0.3) is 0 Å². The Hall–Kier alpha value is -0.653. The topological polar surface area (TPSA) is 43.4 Å². The van der Waals surface area contributed by atoms with Gasteiger partial charge in [-0.2, -0.15) is 0 Å². The maximum Gasteiger partial charge on any atom is 0.184 e. The van der Waals surface area contributed by atoms with E-state index in [-0.39, 0.29) is 17.3 Å². The third-order valence-corrected chi connectivity index (χ3v) is 7.12. The van der Waals surface area contributed by atoms with Gasteiger partial charge in [-0.15, -0.1) is 0 Å². The Kier molecular flexibility index (Phi) is 6.42. The zero-order valence-electron chi connectivity index (χ0n) is 14.7. The third kappa shape index (κ3) is 4.93. The normalized spacial score (nSPS) is 14.8. The van der Waals surface area contributed by atoms with Crippen molar-refractivity contribution in [1.82, 2.24) is 0 Å². The molecular weight excluding hydrogens is 312 g/mol. The van der Waals surface area contributed by atoms with Crippen molar-refractivity contribution in [2.24, 2.45) is 5.92 Å². The van der Waals surface area contributed by atoms with Crippen molar-refractivity contribution in [1.29, 1.82) is 0 Å². The van der Waals surface area contributed by atoms with Crippen LogP contribution >= 0.6 is 0 Å². The molecule has 1 aromatic rings. The van der Waals surface area contributed by atoms with E-state index < -0.39 is 18.2 Å². The van der Waals surface area contributed by atoms with E-state index in [0.717, 1.165) is 12.8 Å². The maximum absolute atomic E-state index is 12.6. The Morgan fingerprint density at radius 1 is 1.09 bits per heavy atom. The van der Waals surface area contributed by atoms with Crippen LogP contribution < -0.4 is 0 Å². The summed E-state index contributed by atoms with van der Waals surface area (Å²) in [5.74, 6) is 0.0860. The van der Waals surface area contributed by atoms with Crippen molar-refractivity contribution >= 4 is 18.2 Å². The number of rotatable bonds is 8. The Morgan fingerprint density at radius 2 is 1.59 bits per heavy atom. The minimum Gasteiger partial charge on any atom is -0.412 e. The molecule has 0 spiro atoms. The molecule has 22 heavy (non-hydrogen) atoms. The van der Waals surface area contributed by atoms with E-state index in [0.29, 0.717) is 4.90 Å². The monoisotopic (exact) mass is 342 g/mol. The number of hydrogen-bond donors (Lipinski definition) is 0. The molecule has 0 radical (unpaired) electrons. The van der Waals surface area contributed by atoms with Gasteiger partial charge in [0.15, 0.2) is 18.2 Å². The van der Waals surface area contributed by atoms with Gasteiger partial charge in [-0.25, -0.2) is 8.42 Å². The molecule has 126 valence electrons. The summed E-state index contributed by atoms with van der Waals surface area (Å²) in [6.45, 7) is 12.7. The molecule has 1 aromatic carbocycles. The van der Waals surface area contributed by atoms with Crippen LogP contribution in [0.4, 0.5) is 0 Å². The van der Waals surface area contributed by atoms with Crippen LogP contribution in [0.25, 0.3) is 0 Å². The summed E-state index contributed by atoms with van der Waals surface area (Å²) < 4.78 is 31.7. The first kappa shape index (κ1) is 19.4. The summed E-state index contributed by atoms with van der Waals surface area (Å²) in [5, 5.41) is 0. The van der Waals surface area contributed by atoms with Crippen LogP contribution in [-0.2, 0) is 14.3 Å². The molecule has 0 heterocycles. The first-order valence-electron chi connectivity index (χ1n) is 8.04. The predicted molar refractivity (Wildman–Crippen MR) is 95.4 cm³/mol. The van der Waals surface area contributed by atoms with Crippen molar-refractivity contribution in [2.75, 3.05) is 5.75 Å². The van der Waals surface area contributed by atoms with Crippen molar-refractivity contribution in [3.8, 4) is 0 Å². The summed E-state index contributed by atoms with van der Waals surface area (Å²) >= 11 is 0. The average Bonchev–Trinajstić information content (AvgIpc) is 2.44. The highest BCUT2D eigenvalue weighted by Gasteiger charge is 2.40. The fourth-order valence-corrected chi connectivity index (χ4v) is 6.44. The minimum absolute atomic E-state index is 0.0422. The summed E-state index contributed by atoms with van der Waals surface area (Å²) in [4.78, 5) is 0.399. The smallest absolute Gasteiger partial charge is 0.184 e. The lowest BCUT2D eigenvalue weighted by Crippen LogP contribution is -2.48. The van der Waals surface area contributed by atoms with Gasteiger partial charge in [-0.3, -0.25) is 0 Å². The minimum atomic E-state index is -3.28. The molecule has 0 N–H and O–H groups in total. The van der Waals surface area contributed by atoms with E-state index in [1.807, 2.05) is 13.0 Å². The van der Waals surface area contributed by atoms with Crippen LogP contribution in [0.5, 0.6) is 0 Å². The molecular formula is C17H30O3SSi. The zero-order valence-corrected chi connectivity index (χ0v) is 16.5. The van der Waals surface area contributed by atoms with E-state index in [2.05, 4.69) is 33.5 Å². The quantitative estimate of drug-likeness (QED) is 0.653. The molecule has 0 aliphatic heterocycles. The fraction of sp³-hybridized carbons (Fsp3) is 0.647. The largest absolute Gasteiger partial charge is 0.412 e. The molecule has 0 amide bonds. The molecule has 0 saturated heterocycles. The Morgan fingerprint density at radius 3 is 2.00 bits per heavy atom. The molecule has 0 unspecified atom stereocenters. The van der Waals surface area contributed by atoms with E-state index in [1.54, 1.807) is 24.3 Å². The van der Waals surface area contributed by atoms with Gasteiger partial charge in [0, 0.05) is 0 Å². The van der Waals surface area contributed by atoms with Crippen LogP contribution in [0.3, 0.4) is 0 Å². The lowest BCUT2D eigenvalue weighted by Gasteiger charge is -2.42. The van der Waals surface area contributed by atoms with Crippen molar-refractivity contribution < 1.29 is 12.8 Å². The molecule has 3 nitrogen and oxygen atoms in total. The lowest BCUT2D eigenvalue weighted by molar-refractivity contribution is 0.00774. The van der Waals surface area contributed by atoms with Gasteiger partial charge in [-0.1, -0.05) is 39.0 Å². The third-order valence-electron chi connectivity index (χ3n) is 4.18. The Balaban J connectivity index is 3.04. The predicted octanol–water partition coefficient (Wildman–Crippen LogP) is 4.51. The highest BCUT2D eigenvalue weighted by Crippen LogP contribution is 2.34. The van der Waals surface area contributed by atoms with Gasteiger partial charge < -0.3 is 4.43 Å². The van der Waals surface area contributed by atoms with Crippen LogP contribution in [0.2, 0.25) is 19.6 Å². The van der Waals surface area contributed by atoms with Gasteiger partial charge >= 0.3 is 0 Å². The van der Waals surface area contributed by atoms with Gasteiger partial charge in [0.05, 0.1) is 16.2 Å². The van der Waals surface area contributed by atoms with Crippen LogP contribution in [0.1, 0.15) is 33.6 Å². The molecule has 1 atom stereocenters. The van der Waals surface area contributed by atoms with Gasteiger partial charge in [-0.05, 0) is 50.5 Å². The highest BCUT2D eigenvalue weighted by molar-refractivity contribution is 7.91. The van der Waals surface area contributed by atoms with Crippen molar-refractivity contribution in [3.63, 3.8) is 0 Å². The van der Waals surface area contributed by atoms with E-state index in [1.165, 1.54) is 0 Å². The first-order valence-corrected chi connectivity index (χ1v) is 13.1.